The predicted molar refractivity (Wildman–Crippen MR) is 47.3 cm³/mol. The molecule has 0 spiro atoms. The van der Waals surface area contributed by atoms with E-state index in [-0.39, 0.29) is 0 Å². The minimum Gasteiger partial charge on any atom is -0.145 e. The number of nitrogens with zero attached hydrogens (tertiary/aromatic N) is 1. The van der Waals surface area contributed by atoms with Gasteiger partial charge in [-0.15, -0.1) is 4.91 Å². The second-order valence-corrected chi connectivity index (χ2v) is 3.46. The van der Waals surface area contributed by atoms with E-state index in [0.29, 0.717) is 10.2 Å². The summed E-state index contributed by atoms with van der Waals surface area (Å²) in [5.41, 5.74) is 0.420. The van der Waals surface area contributed by atoms with Crippen molar-refractivity contribution in [3.05, 3.63) is 32.1 Å². The molecule has 4 heteroatoms. The number of hydrogen-bond acceptors (Lipinski definition) is 2. The van der Waals surface area contributed by atoms with Gasteiger partial charge in [0, 0.05) is 8.95 Å². The van der Waals surface area contributed by atoms with Crippen LogP contribution in [0, 0.1) is 4.91 Å². The van der Waals surface area contributed by atoms with Crippen molar-refractivity contribution in [1.82, 2.24) is 0 Å². The molecule has 1 aromatic carbocycles. The lowest BCUT2D eigenvalue weighted by Crippen LogP contribution is -1.67. The molecule has 0 radical (unpaired) electrons. The van der Waals surface area contributed by atoms with Crippen molar-refractivity contribution in [3.63, 3.8) is 0 Å². The topological polar surface area (TPSA) is 29.4 Å². The van der Waals surface area contributed by atoms with E-state index >= 15 is 0 Å². The first-order valence-electron chi connectivity index (χ1n) is 2.52. The summed E-state index contributed by atoms with van der Waals surface area (Å²) in [6, 6.07) is 5.18. The highest BCUT2D eigenvalue weighted by atomic mass is 79.9. The number of benzene rings is 1. The maximum Gasteiger partial charge on any atom is 0.122 e. The van der Waals surface area contributed by atoms with Gasteiger partial charge < -0.3 is 0 Å². The summed E-state index contributed by atoms with van der Waals surface area (Å²) in [6.07, 6.45) is 0. The lowest BCUT2D eigenvalue weighted by Gasteiger charge is -1.93. The molecule has 52 valence electrons. The molecule has 0 heterocycles. The van der Waals surface area contributed by atoms with Crippen molar-refractivity contribution in [2.75, 3.05) is 0 Å². The van der Waals surface area contributed by atoms with Crippen molar-refractivity contribution < 1.29 is 0 Å². The Kier molecular flexibility index (Phi) is 2.56. The van der Waals surface area contributed by atoms with Crippen LogP contribution in [0.4, 0.5) is 5.69 Å². The average Bonchev–Trinajstić information content (AvgIpc) is 1.88. The van der Waals surface area contributed by atoms with Crippen LogP contribution in [0.15, 0.2) is 32.3 Å². The third-order valence-electron chi connectivity index (χ3n) is 1.01. The number of nitroso groups, excluding NO2 is 1. The third-order valence-corrected chi connectivity index (χ3v) is 2.14. The van der Waals surface area contributed by atoms with Crippen molar-refractivity contribution in [3.8, 4) is 0 Å². The van der Waals surface area contributed by atoms with E-state index in [1.165, 1.54) is 0 Å². The van der Waals surface area contributed by atoms with Gasteiger partial charge in [0.05, 0.1) is 0 Å². The normalized spacial score (nSPS) is 9.40. The maximum absolute atomic E-state index is 10.0. The first-order chi connectivity index (χ1) is 4.74. The highest BCUT2D eigenvalue weighted by molar-refractivity contribution is 9.11. The molecule has 0 aliphatic rings. The molecule has 1 rings (SSSR count). The van der Waals surface area contributed by atoms with Gasteiger partial charge in [-0.25, -0.2) is 0 Å². The van der Waals surface area contributed by atoms with E-state index in [4.69, 9.17) is 0 Å². The Morgan fingerprint density at radius 1 is 1.30 bits per heavy atom. The Balaban J connectivity index is 3.19. The average molecular weight is 265 g/mol. The molecule has 10 heavy (non-hydrogen) atoms. The molecule has 0 amide bonds. The molecule has 0 N–H and O–H groups in total. The van der Waals surface area contributed by atoms with Crippen molar-refractivity contribution >= 4 is 37.5 Å². The molecule has 0 aliphatic carbocycles. The second kappa shape index (κ2) is 3.25. The SMILES string of the molecule is O=Nc1ccc(Br)cc1Br. The van der Waals surface area contributed by atoms with Crippen LogP contribution in [0.5, 0.6) is 0 Å². The second-order valence-electron chi connectivity index (χ2n) is 1.69. The first kappa shape index (κ1) is 7.88. The van der Waals surface area contributed by atoms with Crippen LogP contribution < -0.4 is 0 Å². The summed E-state index contributed by atoms with van der Waals surface area (Å²) >= 11 is 6.44. The van der Waals surface area contributed by atoms with E-state index in [1.54, 1.807) is 18.2 Å². The van der Waals surface area contributed by atoms with Crippen molar-refractivity contribution in [2.45, 2.75) is 0 Å². The molecule has 2 nitrogen and oxygen atoms in total. The fourth-order valence-corrected chi connectivity index (χ4v) is 1.67. The van der Waals surface area contributed by atoms with Crippen LogP contribution in [-0.2, 0) is 0 Å². The fraction of sp³-hybridized carbons (Fsp3) is 0. The molecule has 0 fully saturated rings. The van der Waals surface area contributed by atoms with E-state index in [1.807, 2.05) is 0 Å². The van der Waals surface area contributed by atoms with Crippen LogP contribution in [0.2, 0.25) is 0 Å². The van der Waals surface area contributed by atoms with E-state index < -0.39 is 0 Å². The third kappa shape index (κ3) is 1.64. The van der Waals surface area contributed by atoms with E-state index in [0.717, 1.165) is 4.47 Å². The predicted octanol–water partition coefficient (Wildman–Crippen LogP) is 3.61. The Bertz CT molecular complexity index is 262. The standard InChI is InChI=1S/C6H3Br2NO/c7-4-1-2-6(9-10)5(8)3-4/h1-3H. The van der Waals surface area contributed by atoms with Gasteiger partial charge in [-0.1, -0.05) is 15.9 Å². The maximum atomic E-state index is 10.0. The van der Waals surface area contributed by atoms with Gasteiger partial charge in [-0.05, 0) is 39.3 Å². The zero-order valence-electron chi connectivity index (χ0n) is 4.84. The highest BCUT2D eigenvalue weighted by Crippen LogP contribution is 2.27. The first-order valence-corrected chi connectivity index (χ1v) is 4.11. The summed E-state index contributed by atoms with van der Waals surface area (Å²) in [6.45, 7) is 0. The molecule has 0 atom stereocenters. The fourth-order valence-electron chi connectivity index (χ4n) is 0.555. The van der Waals surface area contributed by atoms with Crippen LogP contribution in [0.1, 0.15) is 0 Å². The van der Waals surface area contributed by atoms with Crippen LogP contribution >= 0.6 is 31.9 Å². The summed E-state index contributed by atoms with van der Waals surface area (Å²) in [5, 5.41) is 2.79. The lowest BCUT2D eigenvalue weighted by atomic mass is 10.3. The lowest BCUT2D eigenvalue weighted by molar-refractivity contribution is 1.45. The van der Waals surface area contributed by atoms with E-state index in [2.05, 4.69) is 37.0 Å². The number of hydrogen-bond donors (Lipinski definition) is 0. The van der Waals surface area contributed by atoms with Crippen LogP contribution in [0.25, 0.3) is 0 Å². The number of halogens is 2. The smallest absolute Gasteiger partial charge is 0.122 e. The zero-order valence-corrected chi connectivity index (χ0v) is 8.02. The molecule has 1 aromatic rings. The molecular formula is C6H3Br2NO. The Hall–Kier alpha value is -0.220. The Morgan fingerprint density at radius 3 is 2.50 bits per heavy atom. The monoisotopic (exact) mass is 263 g/mol. The van der Waals surface area contributed by atoms with Gasteiger partial charge in [0.25, 0.3) is 0 Å². The Labute approximate surface area is 74.9 Å². The van der Waals surface area contributed by atoms with Gasteiger partial charge in [-0.3, -0.25) is 0 Å². The van der Waals surface area contributed by atoms with Crippen LogP contribution in [-0.4, -0.2) is 0 Å². The molecular weight excluding hydrogens is 262 g/mol. The molecule has 0 aliphatic heterocycles. The zero-order chi connectivity index (χ0) is 7.56. The molecule has 0 saturated heterocycles. The largest absolute Gasteiger partial charge is 0.145 e. The van der Waals surface area contributed by atoms with Gasteiger partial charge >= 0.3 is 0 Å². The molecule has 0 aromatic heterocycles. The van der Waals surface area contributed by atoms with Crippen LogP contribution in [0.3, 0.4) is 0 Å². The summed E-state index contributed by atoms with van der Waals surface area (Å²) in [7, 11) is 0. The minimum atomic E-state index is 0.420. The highest BCUT2D eigenvalue weighted by Gasteiger charge is 1.97. The summed E-state index contributed by atoms with van der Waals surface area (Å²) < 4.78 is 1.63. The van der Waals surface area contributed by atoms with Crippen molar-refractivity contribution in [1.29, 1.82) is 0 Å². The minimum absolute atomic E-state index is 0.420. The Morgan fingerprint density at radius 2 is 2.00 bits per heavy atom. The van der Waals surface area contributed by atoms with E-state index in [9.17, 15) is 4.91 Å². The van der Waals surface area contributed by atoms with Gasteiger partial charge in [0.15, 0.2) is 0 Å². The summed E-state index contributed by atoms with van der Waals surface area (Å²) in [4.78, 5) is 10.0. The van der Waals surface area contributed by atoms with Crippen molar-refractivity contribution in [2.24, 2.45) is 5.18 Å². The molecule has 0 saturated carbocycles. The molecule has 0 bridgehead atoms. The number of rotatable bonds is 1. The van der Waals surface area contributed by atoms with Gasteiger partial charge in [-0.2, -0.15) is 0 Å². The quantitative estimate of drug-likeness (QED) is 0.713. The molecule has 0 unspecified atom stereocenters. The van der Waals surface area contributed by atoms with Gasteiger partial charge in [0.2, 0.25) is 0 Å². The van der Waals surface area contributed by atoms with Gasteiger partial charge in [0.1, 0.15) is 5.69 Å². The summed E-state index contributed by atoms with van der Waals surface area (Å²) in [5.74, 6) is 0.